The molecule has 1 aliphatic carbocycles. The van der Waals surface area contributed by atoms with Crippen LogP contribution in [0.15, 0.2) is 30.3 Å². The number of rotatable bonds is 6. The van der Waals surface area contributed by atoms with Gasteiger partial charge >= 0.3 is 30.9 Å². The van der Waals surface area contributed by atoms with Crippen molar-refractivity contribution in [3.63, 3.8) is 0 Å². The second-order valence-corrected chi connectivity index (χ2v) is 7.80. The third kappa shape index (κ3) is 6.84. The molecule has 28 heavy (non-hydrogen) atoms. The number of carboxylic acid groups (broad SMARTS) is 1. The topological polar surface area (TPSA) is 72.9 Å². The molecular formula is C21H32LiN3O3. The zero-order valence-corrected chi connectivity index (χ0v) is 17.0. The van der Waals surface area contributed by atoms with Crippen LogP contribution in [-0.4, -0.2) is 59.1 Å². The van der Waals surface area contributed by atoms with Gasteiger partial charge in [-0.1, -0.05) is 49.6 Å². The van der Waals surface area contributed by atoms with Crippen LogP contribution < -0.4 is 24.2 Å². The maximum atomic E-state index is 12.7. The first-order valence-electron chi connectivity index (χ1n) is 10.2. The van der Waals surface area contributed by atoms with Crippen LogP contribution in [0.25, 0.3) is 0 Å². The molecule has 2 fully saturated rings. The van der Waals surface area contributed by atoms with Gasteiger partial charge in [-0.05, 0) is 24.3 Å². The molecule has 3 rings (SSSR count). The molecule has 2 aliphatic rings. The van der Waals surface area contributed by atoms with Crippen molar-refractivity contribution < 1.29 is 35.0 Å². The van der Waals surface area contributed by atoms with Crippen LogP contribution in [0.5, 0.6) is 0 Å². The molecule has 0 bridgehead atoms. The van der Waals surface area contributed by atoms with Crippen LogP contribution in [0.1, 0.15) is 45.5 Å². The van der Waals surface area contributed by atoms with Gasteiger partial charge in [0.2, 0.25) is 0 Å². The van der Waals surface area contributed by atoms with E-state index in [1.54, 1.807) is 0 Å². The summed E-state index contributed by atoms with van der Waals surface area (Å²) in [6.07, 6.45) is 5.54. The quantitative estimate of drug-likeness (QED) is 0.684. The second-order valence-electron chi connectivity index (χ2n) is 7.80. The summed E-state index contributed by atoms with van der Waals surface area (Å²) >= 11 is 0. The zero-order chi connectivity index (χ0) is 19.1. The molecule has 0 radical (unpaired) electrons. The van der Waals surface area contributed by atoms with Crippen LogP contribution in [0.4, 0.5) is 4.79 Å². The van der Waals surface area contributed by atoms with E-state index in [4.69, 9.17) is 0 Å². The van der Waals surface area contributed by atoms with E-state index in [2.05, 4.69) is 22.3 Å². The number of carboxylic acids is 1. The molecule has 1 atom stereocenters. The van der Waals surface area contributed by atoms with E-state index in [-0.39, 0.29) is 44.7 Å². The maximum Gasteiger partial charge on any atom is 1.00 e. The molecular weight excluding hydrogens is 349 g/mol. The van der Waals surface area contributed by atoms with Crippen molar-refractivity contribution in [3.8, 4) is 0 Å². The van der Waals surface area contributed by atoms with Crippen molar-refractivity contribution in [2.24, 2.45) is 5.92 Å². The molecule has 0 spiro atoms. The first-order chi connectivity index (χ1) is 13.1. The van der Waals surface area contributed by atoms with E-state index in [0.29, 0.717) is 13.1 Å². The Balaban J connectivity index is 0.00000210. The number of nitrogens with one attached hydrogen (secondary N) is 1. The fraction of sp³-hybridized carbons (Fsp3) is 0.619. The van der Waals surface area contributed by atoms with Crippen molar-refractivity contribution >= 4 is 12.0 Å². The van der Waals surface area contributed by atoms with Gasteiger partial charge in [-0.15, -0.1) is 0 Å². The smallest absolute Gasteiger partial charge is 1.00 e. The molecule has 150 valence electrons. The average Bonchev–Trinajstić information content (AvgIpc) is 2.69. The summed E-state index contributed by atoms with van der Waals surface area (Å²) in [4.78, 5) is 28.1. The van der Waals surface area contributed by atoms with Gasteiger partial charge in [0.1, 0.15) is 0 Å². The van der Waals surface area contributed by atoms with Gasteiger partial charge in [0.05, 0.1) is 6.42 Å². The summed E-state index contributed by atoms with van der Waals surface area (Å²) in [5, 5.41) is 12.3. The van der Waals surface area contributed by atoms with Gasteiger partial charge in [0, 0.05) is 38.8 Å². The van der Waals surface area contributed by atoms with Crippen molar-refractivity contribution in [1.29, 1.82) is 0 Å². The maximum absolute atomic E-state index is 12.7. The van der Waals surface area contributed by atoms with Gasteiger partial charge in [-0.3, -0.25) is 9.69 Å². The Morgan fingerprint density at radius 1 is 1.07 bits per heavy atom. The number of urea groups is 1. The van der Waals surface area contributed by atoms with E-state index in [9.17, 15) is 14.7 Å². The van der Waals surface area contributed by atoms with Crippen LogP contribution >= 0.6 is 0 Å². The Morgan fingerprint density at radius 2 is 1.71 bits per heavy atom. The van der Waals surface area contributed by atoms with Gasteiger partial charge in [0.25, 0.3) is 0 Å². The minimum absolute atomic E-state index is 0. The monoisotopic (exact) mass is 381 g/mol. The number of benzene rings is 1. The molecule has 1 saturated heterocycles. The third-order valence-corrected chi connectivity index (χ3v) is 5.83. The van der Waals surface area contributed by atoms with Crippen LogP contribution in [0, 0.1) is 5.92 Å². The molecule has 0 aromatic heterocycles. The van der Waals surface area contributed by atoms with E-state index in [1.165, 1.54) is 12.0 Å². The molecule has 2 N–H and O–H groups in total. The Hall–Kier alpha value is -1.48. The third-order valence-electron chi connectivity index (χ3n) is 5.83. The van der Waals surface area contributed by atoms with Crippen molar-refractivity contribution in [3.05, 3.63) is 35.9 Å². The normalized spacial score (nSPS) is 19.5. The second kappa shape index (κ2) is 11.5. The summed E-state index contributed by atoms with van der Waals surface area (Å²) in [6.45, 7) is 3.96. The fourth-order valence-electron chi connectivity index (χ4n) is 4.26. The first-order valence-corrected chi connectivity index (χ1v) is 10.2. The van der Waals surface area contributed by atoms with Gasteiger partial charge < -0.3 is 16.7 Å². The van der Waals surface area contributed by atoms with Crippen molar-refractivity contribution in [1.82, 2.24) is 15.1 Å². The van der Waals surface area contributed by atoms with E-state index in [0.717, 1.165) is 45.3 Å². The van der Waals surface area contributed by atoms with Crippen molar-refractivity contribution in [2.45, 2.75) is 51.1 Å². The number of hydrogen-bond donors (Lipinski definition) is 2. The first kappa shape index (κ1) is 22.8. The van der Waals surface area contributed by atoms with Gasteiger partial charge in [0.15, 0.2) is 0 Å². The molecule has 2 amide bonds. The molecule has 1 aromatic rings. The number of amides is 2. The Labute approximate surface area is 181 Å². The molecule has 1 aromatic carbocycles. The van der Waals surface area contributed by atoms with Gasteiger partial charge in [-0.2, -0.15) is 0 Å². The summed E-state index contributed by atoms with van der Waals surface area (Å²) < 4.78 is 0. The number of nitrogens with zero attached hydrogens (tertiary/aromatic N) is 2. The SMILES string of the molecule is O=C(O)CC(NC(=O)N1CCN(Cc2ccccc2)CC1)C1CCCCC1.[H-].[Li+]. The molecule has 7 heteroatoms. The van der Waals surface area contributed by atoms with Crippen LogP contribution in [-0.2, 0) is 11.3 Å². The average molecular weight is 381 g/mol. The molecule has 1 saturated carbocycles. The summed E-state index contributed by atoms with van der Waals surface area (Å²) in [5.74, 6) is -0.545. The Kier molecular flexibility index (Phi) is 9.37. The predicted molar refractivity (Wildman–Crippen MR) is 106 cm³/mol. The summed E-state index contributed by atoms with van der Waals surface area (Å²) in [7, 11) is 0. The number of hydrogen-bond acceptors (Lipinski definition) is 3. The fourth-order valence-corrected chi connectivity index (χ4v) is 4.26. The van der Waals surface area contributed by atoms with Crippen LogP contribution in [0.3, 0.4) is 0 Å². The minimum atomic E-state index is -0.835. The summed E-state index contributed by atoms with van der Waals surface area (Å²) in [5.41, 5.74) is 1.29. The largest absolute Gasteiger partial charge is 1.00 e. The van der Waals surface area contributed by atoms with Crippen molar-refractivity contribution in [2.75, 3.05) is 26.2 Å². The molecule has 1 unspecified atom stereocenters. The Bertz CT molecular complexity index is 621. The standard InChI is InChI=1S/C21H31N3O3.Li.H/c25-20(26)15-19(18-9-5-2-6-10-18)22-21(27)24-13-11-23(12-14-24)16-17-7-3-1-4-8-17;;/h1,3-4,7-8,18-19H,2,5-6,9-16H2,(H,22,27)(H,25,26);;/q;+1;-1. The van der Waals surface area contributed by atoms with Gasteiger partial charge in [-0.25, -0.2) is 4.79 Å². The number of aliphatic carboxylic acids is 1. The summed E-state index contributed by atoms with van der Waals surface area (Å²) in [6, 6.07) is 10.0. The number of piperazine rings is 1. The Morgan fingerprint density at radius 3 is 2.32 bits per heavy atom. The number of carbonyl (C=O) groups excluding carboxylic acids is 1. The van der Waals surface area contributed by atoms with Crippen LogP contribution in [0.2, 0.25) is 0 Å². The minimum Gasteiger partial charge on any atom is -1.00 e. The number of carbonyl (C=O) groups is 2. The molecule has 1 aliphatic heterocycles. The van der Waals surface area contributed by atoms with E-state index in [1.807, 2.05) is 23.1 Å². The van der Waals surface area contributed by atoms with E-state index >= 15 is 0 Å². The zero-order valence-electron chi connectivity index (χ0n) is 18.0. The molecule has 6 nitrogen and oxygen atoms in total. The van der Waals surface area contributed by atoms with E-state index < -0.39 is 5.97 Å². The predicted octanol–water partition coefficient (Wildman–Crippen LogP) is 0.0539. The molecule has 1 heterocycles.